The summed E-state index contributed by atoms with van der Waals surface area (Å²) in [5.41, 5.74) is 2.09. The zero-order valence-electron chi connectivity index (χ0n) is 18.9. The van der Waals surface area contributed by atoms with Gasteiger partial charge < -0.3 is 4.74 Å². The first-order valence-electron chi connectivity index (χ1n) is 11.0. The molecule has 0 saturated heterocycles. The van der Waals surface area contributed by atoms with Crippen LogP contribution < -0.4 is 5.56 Å². The number of ketones is 1. The van der Waals surface area contributed by atoms with Gasteiger partial charge in [-0.1, -0.05) is 72.4 Å². The quantitative estimate of drug-likeness (QED) is 0.139. The summed E-state index contributed by atoms with van der Waals surface area (Å²) in [5, 5.41) is 0.897. The van der Waals surface area contributed by atoms with Crippen LogP contribution in [0.3, 0.4) is 0 Å². The fourth-order valence-electron chi connectivity index (χ4n) is 3.62. The molecular formula is C26H24N2O4S2. The minimum absolute atomic E-state index is 0.0378. The van der Waals surface area contributed by atoms with E-state index in [0.717, 1.165) is 16.9 Å². The molecule has 4 aromatic rings. The molecule has 0 aliphatic carbocycles. The topological polar surface area (TPSA) is 78.3 Å². The molecule has 2 aromatic carbocycles. The monoisotopic (exact) mass is 492 g/mol. The number of aryl methyl sites for hydroxylation is 2. The summed E-state index contributed by atoms with van der Waals surface area (Å²) in [7, 11) is 0. The maximum absolute atomic E-state index is 13.6. The second-order valence-electron chi connectivity index (χ2n) is 7.62. The number of hydrogen-bond acceptors (Lipinski definition) is 7. The van der Waals surface area contributed by atoms with Crippen molar-refractivity contribution >= 4 is 45.1 Å². The molecule has 8 heteroatoms. The van der Waals surface area contributed by atoms with Gasteiger partial charge in [0.15, 0.2) is 10.9 Å². The second kappa shape index (κ2) is 10.8. The molecule has 0 N–H and O–H groups in total. The molecule has 34 heavy (non-hydrogen) atoms. The van der Waals surface area contributed by atoms with Gasteiger partial charge in [0.05, 0.1) is 17.7 Å². The number of benzene rings is 2. The number of esters is 1. The van der Waals surface area contributed by atoms with Crippen LogP contribution in [0.15, 0.2) is 70.6 Å². The van der Waals surface area contributed by atoms with Crippen LogP contribution >= 0.6 is 23.1 Å². The van der Waals surface area contributed by atoms with Gasteiger partial charge in [-0.05, 0) is 31.4 Å². The smallest absolute Gasteiger partial charge is 0.348 e. The Hall–Kier alpha value is -3.23. The van der Waals surface area contributed by atoms with E-state index in [1.54, 1.807) is 30.5 Å². The van der Waals surface area contributed by atoms with Crippen LogP contribution in [0.1, 0.15) is 38.1 Å². The molecule has 0 radical (unpaired) electrons. The second-order valence-corrected chi connectivity index (χ2v) is 9.56. The third-order valence-corrected chi connectivity index (χ3v) is 7.51. The molecule has 0 atom stereocenters. The molecule has 6 nitrogen and oxygen atoms in total. The molecule has 0 saturated carbocycles. The summed E-state index contributed by atoms with van der Waals surface area (Å²) in [4.78, 5) is 44.3. The van der Waals surface area contributed by atoms with Crippen LogP contribution in [0, 0.1) is 6.92 Å². The fourth-order valence-corrected chi connectivity index (χ4v) is 5.66. The summed E-state index contributed by atoms with van der Waals surface area (Å²) in [6, 6.07) is 18.9. The van der Waals surface area contributed by atoms with Crippen molar-refractivity contribution in [1.29, 1.82) is 0 Å². The Kier molecular flexibility index (Phi) is 7.59. The Labute approximate surface area is 205 Å². The summed E-state index contributed by atoms with van der Waals surface area (Å²) in [5.74, 6) is -0.335. The highest BCUT2D eigenvalue weighted by atomic mass is 32.2. The predicted octanol–water partition coefficient (Wildman–Crippen LogP) is 5.16. The highest BCUT2D eigenvalue weighted by Crippen LogP contribution is 2.30. The van der Waals surface area contributed by atoms with E-state index in [1.165, 1.54) is 11.8 Å². The first kappa shape index (κ1) is 23.9. The van der Waals surface area contributed by atoms with Crippen molar-refractivity contribution < 1.29 is 14.3 Å². The highest BCUT2D eigenvalue weighted by Gasteiger charge is 2.23. The molecule has 0 aliphatic rings. The lowest BCUT2D eigenvalue weighted by molar-refractivity contribution is 0.0531. The summed E-state index contributed by atoms with van der Waals surface area (Å²) in [6.45, 7) is 4.16. The minimum atomic E-state index is -0.452. The average molecular weight is 493 g/mol. The Morgan fingerprint density at radius 2 is 1.74 bits per heavy atom. The van der Waals surface area contributed by atoms with Crippen molar-refractivity contribution in [2.45, 2.75) is 32.0 Å². The lowest BCUT2D eigenvalue weighted by Gasteiger charge is -2.12. The van der Waals surface area contributed by atoms with Crippen LogP contribution in [-0.4, -0.2) is 33.7 Å². The summed E-state index contributed by atoms with van der Waals surface area (Å²) in [6.07, 6.45) is 0.641. The number of fused-ring (bicyclic) bond motifs is 1. The maximum Gasteiger partial charge on any atom is 0.348 e. The van der Waals surface area contributed by atoms with E-state index in [0.29, 0.717) is 44.3 Å². The van der Waals surface area contributed by atoms with Gasteiger partial charge in [-0.15, -0.1) is 11.3 Å². The van der Waals surface area contributed by atoms with Crippen molar-refractivity contribution in [3.8, 4) is 0 Å². The number of ether oxygens (including phenoxy) is 1. The van der Waals surface area contributed by atoms with Crippen molar-refractivity contribution in [3.63, 3.8) is 0 Å². The van der Waals surface area contributed by atoms with Gasteiger partial charge in [0.25, 0.3) is 5.56 Å². The van der Waals surface area contributed by atoms with E-state index in [2.05, 4.69) is 0 Å². The third kappa shape index (κ3) is 5.13. The van der Waals surface area contributed by atoms with E-state index in [4.69, 9.17) is 9.72 Å². The molecule has 0 unspecified atom stereocenters. The number of nitrogens with zero attached hydrogens (tertiary/aromatic N) is 2. The zero-order valence-corrected chi connectivity index (χ0v) is 20.6. The molecule has 0 bridgehead atoms. The van der Waals surface area contributed by atoms with Gasteiger partial charge in [0, 0.05) is 12.1 Å². The standard InChI is InChI=1S/C26H24N2O4S2/c1-3-32-25(31)22-17(2)21-23(34-22)27-26(33-16-20(29)19-12-8-5-9-13-19)28(24(21)30)15-14-18-10-6-4-7-11-18/h4-13H,3,14-16H2,1-2H3. The summed E-state index contributed by atoms with van der Waals surface area (Å²) < 4.78 is 6.77. The predicted molar refractivity (Wildman–Crippen MR) is 136 cm³/mol. The molecule has 0 fully saturated rings. The Balaban J connectivity index is 1.72. The lowest BCUT2D eigenvalue weighted by Crippen LogP contribution is -2.24. The first-order chi connectivity index (χ1) is 16.5. The SMILES string of the molecule is CCOC(=O)c1sc2nc(SCC(=O)c3ccccc3)n(CCc3ccccc3)c(=O)c2c1C. The van der Waals surface area contributed by atoms with Crippen LogP contribution in [-0.2, 0) is 17.7 Å². The highest BCUT2D eigenvalue weighted by molar-refractivity contribution is 7.99. The van der Waals surface area contributed by atoms with Crippen LogP contribution in [0.4, 0.5) is 0 Å². The fraction of sp³-hybridized carbons (Fsp3) is 0.231. The molecule has 2 heterocycles. The normalized spacial score (nSPS) is 11.0. The van der Waals surface area contributed by atoms with E-state index >= 15 is 0 Å². The van der Waals surface area contributed by atoms with Crippen LogP contribution in [0.25, 0.3) is 10.2 Å². The number of rotatable bonds is 9. The van der Waals surface area contributed by atoms with E-state index in [9.17, 15) is 14.4 Å². The van der Waals surface area contributed by atoms with Gasteiger partial charge in [-0.3, -0.25) is 14.2 Å². The van der Waals surface area contributed by atoms with Gasteiger partial charge in [0.1, 0.15) is 9.71 Å². The molecule has 0 aliphatic heterocycles. The molecule has 0 amide bonds. The molecule has 0 spiro atoms. The van der Waals surface area contributed by atoms with Gasteiger partial charge in [0.2, 0.25) is 0 Å². The molecular weight excluding hydrogens is 468 g/mol. The van der Waals surface area contributed by atoms with Crippen LogP contribution in [0.2, 0.25) is 0 Å². The van der Waals surface area contributed by atoms with Gasteiger partial charge >= 0.3 is 5.97 Å². The maximum atomic E-state index is 13.6. The van der Waals surface area contributed by atoms with Gasteiger partial charge in [-0.25, -0.2) is 9.78 Å². The molecule has 4 rings (SSSR count). The Morgan fingerprint density at radius 3 is 2.41 bits per heavy atom. The number of Topliss-reactive ketones (excluding diaryl/α,β-unsaturated/α-hetero) is 1. The third-order valence-electron chi connectivity index (χ3n) is 5.37. The Bertz CT molecular complexity index is 1380. The van der Waals surface area contributed by atoms with Crippen molar-refractivity contribution in [1.82, 2.24) is 9.55 Å². The van der Waals surface area contributed by atoms with Gasteiger partial charge in [-0.2, -0.15) is 0 Å². The van der Waals surface area contributed by atoms with Crippen molar-refractivity contribution in [2.24, 2.45) is 0 Å². The zero-order chi connectivity index (χ0) is 24.1. The number of thiophene rings is 1. The first-order valence-corrected chi connectivity index (χ1v) is 12.8. The average Bonchev–Trinajstić information content (AvgIpc) is 3.19. The van der Waals surface area contributed by atoms with Crippen molar-refractivity contribution in [3.05, 3.63) is 92.6 Å². The molecule has 174 valence electrons. The number of carbonyl (C=O) groups is 2. The molecule has 2 aromatic heterocycles. The number of aromatic nitrogens is 2. The number of carbonyl (C=O) groups excluding carboxylic acids is 2. The Morgan fingerprint density at radius 1 is 1.06 bits per heavy atom. The lowest BCUT2D eigenvalue weighted by atomic mass is 10.1. The van der Waals surface area contributed by atoms with E-state index < -0.39 is 5.97 Å². The largest absolute Gasteiger partial charge is 0.462 e. The minimum Gasteiger partial charge on any atom is -0.462 e. The van der Waals surface area contributed by atoms with E-state index in [1.807, 2.05) is 48.5 Å². The van der Waals surface area contributed by atoms with Crippen molar-refractivity contribution in [2.75, 3.05) is 12.4 Å². The summed E-state index contributed by atoms with van der Waals surface area (Å²) >= 11 is 2.40. The van der Waals surface area contributed by atoms with Crippen LogP contribution in [0.5, 0.6) is 0 Å². The van der Waals surface area contributed by atoms with E-state index in [-0.39, 0.29) is 23.7 Å². The number of thioether (sulfide) groups is 1. The number of hydrogen-bond donors (Lipinski definition) is 0.